The minimum atomic E-state index is -0.259. The summed E-state index contributed by atoms with van der Waals surface area (Å²) in [6.07, 6.45) is 3.25. The Morgan fingerprint density at radius 2 is 1.83 bits per heavy atom. The van der Waals surface area contributed by atoms with Crippen LogP contribution in [0.2, 0.25) is 0 Å². The number of hydrogen-bond acceptors (Lipinski definition) is 5. The summed E-state index contributed by atoms with van der Waals surface area (Å²) in [6.45, 7) is 6.52. The van der Waals surface area contributed by atoms with E-state index in [1.165, 1.54) is 0 Å². The van der Waals surface area contributed by atoms with Gasteiger partial charge in [0.2, 0.25) is 0 Å². The fourth-order valence-electron chi connectivity index (χ4n) is 3.31. The van der Waals surface area contributed by atoms with Crippen LogP contribution in [0.5, 0.6) is 11.5 Å². The van der Waals surface area contributed by atoms with Crippen molar-refractivity contribution in [2.24, 2.45) is 0 Å². The molecular formula is C24H25N3O3. The van der Waals surface area contributed by atoms with Gasteiger partial charge in [0.1, 0.15) is 29.7 Å². The molecule has 0 radical (unpaired) electrons. The average Bonchev–Trinajstić information content (AvgIpc) is 2.81. The lowest BCUT2D eigenvalue weighted by Gasteiger charge is -2.36. The highest BCUT2D eigenvalue weighted by Crippen LogP contribution is 2.23. The third-order valence-electron chi connectivity index (χ3n) is 4.93. The fraction of sp³-hybridized carbons (Fsp3) is 0.250. The smallest absolute Gasteiger partial charge is 0.264 e. The van der Waals surface area contributed by atoms with Crippen molar-refractivity contribution in [3.63, 3.8) is 0 Å². The van der Waals surface area contributed by atoms with E-state index in [4.69, 9.17) is 9.47 Å². The fourth-order valence-corrected chi connectivity index (χ4v) is 3.31. The molecular weight excluding hydrogens is 378 g/mol. The van der Waals surface area contributed by atoms with Gasteiger partial charge in [-0.1, -0.05) is 30.9 Å². The Morgan fingerprint density at radius 1 is 1.13 bits per heavy atom. The first-order valence-corrected chi connectivity index (χ1v) is 9.79. The zero-order chi connectivity index (χ0) is 21.3. The van der Waals surface area contributed by atoms with Crippen LogP contribution in [-0.4, -0.2) is 50.7 Å². The summed E-state index contributed by atoms with van der Waals surface area (Å²) >= 11 is 0. The number of anilines is 1. The normalized spacial score (nSPS) is 14.1. The predicted octanol–water partition coefficient (Wildman–Crippen LogP) is 3.52. The molecule has 1 aliphatic heterocycles. The van der Waals surface area contributed by atoms with Crippen molar-refractivity contribution < 1.29 is 14.3 Å². The molecule has 2 aromatic carbocycles. The van der Waals surface area contributed by atoms with Crippen molar-refractivity contribution in [3.05, 3.63) is 72.3 Å². The molecule has 0 N–H and O–H groups in total. The van der Waals surface area contributed by atoms with E-state index >= 15 is 0 Å². The molecule has 6 nitrogen and oxygen atoms in total. The molecule has 30 heavy (non-hydrogen) atoms. The van der Waals surface area contributed by atoms with Crippen molar-refractivity contribution in [3.8, 4) is 17.6 Å². The number of rotatable bonds is 7. The molecule has 1 aliphatic rings. The lowest BCUT2D eigenvalue weighted by molar-refractivity contribution is -0.126. The van der Waals surface area contributed by atoms with Gasteiger partial charge in [-0.15, -0.1) is 0 Å². The second-order valence-corrected chi connectivity index (χ2v) is 6.78. The molecule has 0 spiro atoms. The average molecular weight is 403 g/mol. The van der Waals surface area contributed by atoms with Crippen molar-refractivity contribution in [2.45, 2.75) is 0 Å². The minimum absolute atomic E-state index is 0.0996. The Bertz CT molecular complexity index is 952. The lowest BCUT2D eigenvalue weighted by atomic mass is 10.1. The first-order chi connectivity index (χ1) is 14.7. The summed E-state index contributed by atoms with van der Waals surface area (Å²) in [5.74, 6) is 1.17. The van der Waals surface area contributed by atoms with Gasteiger partial charge in [-0.2, -0.15) is 5.26 Å². The molecule has 3 rings (SSSR count). The molecule has 0 atom stereocenters. The summed E-state index contributed by atoms with van der Waals surface area (Å²) < 4.78 is 10.8. The second kappa shape index (κ2) is 10.2. The Kier molecular flexibility index (Phi) is 7.12. The van der Waals surface area contributed by atoms with Crippen LogP contribution in [-0.2, 0) is 4.79 Å². The summed E-state index contributed by atoms with van der Waals surface area (Å²) in [6, 6.07) is 17.3. The number of benzene rings is 2. The first kappa shape index (κ1) is 21.0. The number of para-hydroxylation sites is 1. The standard InChI is InChI=1S/C24H25N3O3/c1-3-16-30-23-7-5-4-6-19(23)17-20(18-25)24(28)27-14-12-26(13-15-27)21-8-10-22(29-2)11-9-21/h3-11,17H,1,12-16H2,2H3/b20-17+. The van der Waals surface area contributed by atoms with E-state index in [0.717, 1.165) is 11.4 Å². The number of amides is 1. The zero-order valence-electron chi connectivity index (χ0n) is 17.1. The largest absolute Gasteiger partial charge is 0.497 e. The monoisotopic (exact) mass is 403 g/mol. The predicted molar refractivity (Wildman–Crippen MR) is 118 cm³/mol. The highest BCUT2D eigenvalue weighted by atomic mass is 16.5. The molecule has 0 bridgehead atoms. The number of nitriles is 1. The molecule has 154 valence electrons. The molecule has 0 saturated carbocycles. The molecule has 0 aliphatic carbocycles. The number of carbonyl (C=O) groups is 1. The molecule has 1 saturated heterocycles. The van der Waals surface area contributed by atoms with Gasteiger partial charge in [0.15, 0.2) is 0 Å². The molecule has 0 aromatic heterocycles. The summed E-state index contributed by atoms with van der Waals surface area (Å²) in [5, 5.41) is 9.59. The Balaban J connectivity index is 1.68. The van der Waals surface area contributed by atoms with Crippen LogP contribution in [0.15, 0.2) is 66.8 Å². The topological polar surface area (TPSA) is 65.8 Å². The van der Waals surface area contributed by atoms with E-state index in [1.54, 1.807) is 24.2 Å². The quantitative estimate of drug-likeness (QED) is 0.402. The van der Waals surface area contributed by atoms with E-state index in [9.17, 15) is 10.1 Å². The van der Waals surface area contributed by atoms with Crippen LogP contribution in [0.1, 0.15) is 5.56 Å². The van der Waals surface area contributed by atoms with Gasteiger partial charge in [0.25, 0.3) is 5.91 Å². The van der Waals surface area contributed by atoms with Gasteiger partial charge >= 0.3 is 0 Å². The van der Waals surface area contributed by atoms with Crippen LogP contribution in [0.3, 0.4) is 0 Å². The number of hydrogen-bond donors (Lipinski definition) is 0. The first-order valence-electron chi connectivity index (χ1n) is 9.79. The second-order valence-electron chi connectivity index (χ2n) is 6.78. The number of nitrogens with zero attached hydrogens (tertiary/aromatic N) is 3. The van der Waals surface area contributed by atoms with E-state index < -0.39 is 0 Å². The van der Waals surface area contributed by atoms with Crippen LogP contribution in [0.4, 0.5) is 5.69 Å². The summed E-state index contributed by atoms with van der Waals surface area (Å²) in [5.41, 5.74) is 1.89. The van der Waals surface area contributed by atoms with E-state index in [2.05, 4.69) is 17.5 Å². The van der Waals surface area contributed by atoms with Gasteiger partial charge in [-0.3, -0.25) is 4.79 Å². The van der Waals surface area contributed by atoms with Crippen molar-refractivity contribution >= 4 is 17.7 Å². The van der Waals surface area contributed by atoms with Crippen LogP contribution in [0.25, 0.3) is 6.08 Å². The van der Waals surface area contributed by atoms with Gasteiger partial charge in [-0.25, -0.2) is 0 Å². The third kappa shape index (κ3) is 5.00. The van der Waals surface area contributed by atoms with Crippen molar-refractivity contribution in [1.29, 1.82) is 5.26 Å². The van der Waals surface area contributed by atoms with Gasteiger partial charge < -0.3 is 19.3 Å². The highest BCUT2D eigenvalue weighted by molar-refractivity contribution is 6.02. The number of methoxy groups -OCH3 is 1. The molecule has 6 heteroatoms. The number of piperazine rings is 1. The number of carbonyl (C=O) groups excluding carboxylic acids is 1. The van der Waals surface area contributed by atoms with E-state index in [0.29, 0.717) is 44.1 Å². The lowest BCUT2D eigenvalue weighted by Crippen LogP contribution is -2.49. The summed E-state index contributed by atoms with van der Waals surface area (Å²) in [7, 11) is 1.64. The van der Waals surface area contributed by atoms with Gasteiger partial charge in [0, 0.05) is 37.4 Å². The maximum atomic E-state index is 12.9. The molecule has 1 fully saturated rings. The Labute approximate surface area is 177 Å². The van der Waals surface area contributed by atoms with Crippen molar-refractivity contribution in [1.82, 2.24) is 4.90 Å². The maximum absolute atomic E-state index is 12.9. The third-order valence-corrected chi connectivity index (χ3v) is 4.93. The Hall–Kier alpha value is -3.72. The molecule has 1 amide bonds. The van der Waals surface area contributed by atoms with Crippen LogP contribution in [0, 0.1) is 11.3 Å². The SMILES string of the molecule is C=CCOc1ccccc1/C=C(\C#N)C(=O)N1CCN(c2ccc(OC)cc2)CC1. The van der Waals surface area contributed by atoms with Crippen molar-refractivity contribution in [2.75, 3.05) is 44.8 Å². The molecule has 1 heterocycles. The van der Waals surface area contributed by atoms with Gasteiger partial charge in [0.05, 0.1) is 7.11 Å². The molecule has 0 unspecified atom stereocenters. The minimum Gasteiger partial charge on any atom is -0.497 e. The molecule has 2 aromatic rings. The zero-order valence-corrected chi connectivity index (χ0v) is 17.1. The number of ether oxygens (including phenoxy) is 2. The van der Waals surface area contributed by atoms with E-state index in [-0.39, 0.29) is 11.5 Å². The maximum Gasteiger partial charge on any atom is 0.264 e. The summed E-state index contributed by atoms with van der Waals surface area (Å²) in [4.78, 5) is 16.9. The van der Waals surface area contributed by atoms with Gasteiger partial charge in [-0.05, 0) is 36.4 Å². The van der Waals surface area contributed by atoms with Crippen LogP contribution < -0.4 is 14.4 Å². The van der Waals surface area contributed by atoms with Crippen LogP contribution >= 0.6 is 0 Å². The highest BCUT2D eigenvalue weighted by Gasteiger charge is 2.24. The van der Waals surface area contributed by atoms with E-state index in [1.807, 2.05) is 48.5 Å². The Morgan fingerprint density at radius 3 is 2.47 bits per heavy atom.